The number of aryl methyl sites for hydroxylation is 1. The van der Waals surface area contributed by atoms with Crippen LogP contribution in [0.2, 0.25) is 0 Å². The zero-order chi connectivity index (χ0) is 9.68. The minimum atomic E-state index is -0.231. The molecule has 0 spiro atoms. The Bertz CT molecular complexity index is 288. The van der Waals surface area contributed by atoms with Crippen molar-refractivity contribution < 1.29 is 9.63 Å². The number of aromatic nitrogens is 4. The summed E-state index contributed by atoms with van der Waals surface area (Å²) in [6.45, 7) is 0.376. The first kappa shape index (κ1) is 9.93. The van der Waals surface area contributed by atoms with Gasteiger partial charge in [0.05, 0.1) is 13.7 Å². The van der Waals surface area contributed by atoms with Crippen LogP contribution >= 0.6 is 12.6 Å². The zero-order valence-electron chi connectivity index (χ0n) is 6.97. The SMILES string of the molecule is CONC(=O)CCn1nnnc1S. The maximum absolute atomic E-state index is 10.9. The molecule has 7 nitrogen and oxygen atoms in total. The van der Waals surface area contributed by atoms with Crippen LogP contribution in [0.4, 0.5) is 0 Å². The Morgan fingerprint density at radius 1 is 1.77 bits per heavy atom. The van der Waals surface area contributed by atoms with Crippen LogP contribution in [0.25, 0.3) is 0 Å². The number of hydrogen-bond donors (Lipinski definition) is 2. The lowest BCUT2D eigenvalue weighted by Gasteiger charge is -2.01. The highest BCUT2D eigenvalue weighted by atomic mass is 32.1. The van der Waals surface area contributed by atoms with Crippen LogP contribution in [0, 0.1) is 0 Å². The number of hydroxylamine groups is 1. The second kappa shape index (κ2) is 4.77. The third-order valence-electron chi connectivity index (χ3n) is 1.28. The molecule has 1 heterocycles. The molecule has 0 aromatic carbocycles. The Balaban J connectivity index is 2.35. The van der Waals surface area contributed by atoms with E-state index < -0.39 is 0 Å². The van der Waals surface area contributed by atoms with Crippen LogP contribution < -0.4 is 5.48 Å². The quantitative estimate of drug-likeness (QED) is 0.486. The molecule has 0 saturated carbocycles. The summed E-state index contributed by atoms with van der Waals surface area (Å²) in [6.07, 6.45) is 0.242. The second-order valence-electron chi connectivity index (χ2n) is 2.18. The summed E-state index contributed by atoms with van der Waals surface area (Å²) >= 11 is 3.97. The van der Waals surface area contributed by atoms with E-state index in [2.05, 4.69) is 38.5 Å². The van der Waals surface area contributed by atoms with Gasteiger partial charge >= 0.3 is 0 Å². The molecule has 0 saturated heterocycles. The smallest absolute Gasteiger partial charge is 0.245 e. The highest BCUT2D eigenvalue weighted by Crippen LogP contribution is 1.98. The van der Waals surface area contributed by atoms with Gasteiger partial charge in [-0.25, -0.2) is 10.2 Å². The fourth-order valence-electron chi connectivity index (χ4n) is 0.717. The number of nitrogens with one attached hydrogen (secondary N) is 1. The molecule has 1 aromatic rings. The van der Waals surface area contributed by atoms with Crippen molar-refractivity contribution >= 4 is 18.5 Å². The average molecular weight is 203 g/mol. The van der Waals surface area contributed by atoms with Gasteiger partial charge in [-0.1, -0.05) is 0 Å². The summed E-state index contributed by atoms with van der Waals surface area (Å²) in [5.41, 5.74) is 2.18. The van der Waals surface area contributed by atoms with Gasteiger partial charge in [0.2, 0.25) is 11.1 Å². The molecule has 0 radical (unpaired) electrons. The van der Waals surface area contributed by atoms with E-state index in [1.165, 1.54) is 11.8 Å². The number of rotatable bonds is 4. The van der Waals surface area contributed by atoms with Gasteiger partial charge < -0.3 is 0 Å². The van der Waals surface area contributed by atoms with Gasteiger partial charge in [-0.05, 0) is 10.4 Å². The summed E-state index contributed by atoms with van der Waals surface area (Å²) in [5.74, 6) is -0.231. The van der Waals surface area contributed by atoms with E-state index >= 15 is 0 Å². The predicted molar refractivity (Wildman–Crippen MR) is 44.8 cm³/mol. The van der Waals surface area contributed by atoms with E-state index in [1.54, 1.807) is 0 Å². The van der Waals surface area contributed by atoms with Crippen LogP contribution in [0.1, 0.15) is 6.42 Å². The van der Waals surface area contributed by atoms with E-state index in [0.29, 0.717) is 11.7 Å². The number of tetrazole rings is 1. The van der Waals surface area contributed by atoms with Gasteiger partial charge in [0.15, 0.2) is 0 Å². The lowest BCUT2D eigenvalue weighted by Crippen LogP contribution is -2.23. The third-order valence-corrected chi connectivity index (χ3v) is 1.60. The van der Waals surface area contributed by atoms with Gasteiger partial charge in [-0.2, -0.15) is 0 Å². The van der Waals surface area contributed by atoms with E-state index in [4.69, 9.17) is 0 Å². The van der Waals surface area contributed by atoms with Crippen LogP contribution in [-0.4, -0.2) is 33.2 Å². The van der Waals surface area contributed by atoms with E-state index in [1.807, 2.05) is 0 Å². The fraction of sp³-hybridized carbons (Fsp3) is 0.600. The number of hydrogen-bond acceptors (Lipinski definition) is 6. The van der Waals surface area contributed by atoms with Crippen molar-refractivity contribution in [1.82, 2.24) is 25.7 Å². The lowest BCUT2D eigenvalue weighted by atomic mass is 10.4. The normalized spacial score (nSPS) is 10.0. The van der Waals surface area contributed by atoms with Crippen LogP contribution in [-0.2, 0) is 16.2 Å². The maximum atomic E-state index is 10.9. The molecular formula is C5H9N5O2S. The Kier molecular flexibility index (Phi) is 3.65. The highest BCUT2D eigenvalue weighted by molar-refractivity contribution is 7.80. The van der Waals surface area contributed by atoms with Gasteiger partial charge in [0.25, 0.3) is 0 Å². The van der Waals surface area contributed by atoms with Crippen LogP contribution in [0.5, 0.6) is 0 Å². The maximum Gasteiger partial charge on any atom is 0.245 e. The first-order valence-corrected chi connectivity index (χ1v) is 3.95. The molecule has 1 rings (SSSR count). The van der Waals surface area contributed by atoms with Crippen molar-refractivity contribution in [2.75, 3.05) is 7.11 Å². The third kappa shape index (κ3) is 2.99. The first-order chi connectivity index (χ1) is 6.24. The van der Waals surface area contributed by atoms with Gasteiger partial charge in [-0.15, -0.1) is 17.7 Å². The Hall–Kier alpha value is -1.15. The van der Waals surface area contributed by atoms with Crippen LogP contribution in [0.15, 0.2) is 5.16 Å². The van der Waals surface area contributed by atoms with E-state index in [-0.39, 0.29) is 12.3 Å². The molecule has 0 aliphatic carbocycles. The van der Waals surface area contributed by atoms with Crippen LogP contribution in [0.3, 0.4) is 0 Å². The van der Waals surface area contributed by atoms with Gasteiger partial charge in [-0.3, -0.25) is 9.63 Å². The Morgan fingerprint density at radius 3 is 3.08 bits per heavy atom. The molecule has 0 atom stereocenters. The number of carbonyl (C=O) groups excluding carboxylic acids is 1. The molecule has 72 valence electrons. The molecule has 1 aromatic heterocycles. The Morgan fingerprint density at radius 2 is 2.54 bits per heavy atom. The predicted octanol–water partition coefficient (Wildman–Crippen LogP) is -0.971. The molecular weight excluding hydrogens is 194 g/mol. The van der Waals surface area contributed by atoms with Crippen molar-refractivity contribution in [2.45, 2.75) is 18.1 Å². The molecule has 0 unspecified atom stereocenters. The molecule has 8 heteroatoms. The van der Waals surface area contributed by atoms with Crippen molar-refractivity contribution in [3.8, 4) is 0 Å². The number of amides is 1. The molecule has 0 aliphatic rings. The lowest BCUT2D eigenvalue weighted by molar-refractivity contribution is -0.131. The average Bonchev–Trinajstić information content (AvgIpc) is 2.48. The van der Waals surface area contributed by atoms with E-state index in [9.17, 15) is 4.79 Å². The van der Waals surface area contributed by atoms with Crippen molar-refractivity contribution in [2.24, 2.45) is 0 Å². The second-order valence-corrected chi connectivity index (χ2v) is 2.58. The summed E-state index contributed by atoms with van der Waals surface area (Å²) < 4.78 is 1.42. The molecule has 13 heavy (non-hydrogen) atoms. The standard InChI is InChI=1S/C5H9N5O2S/c1-12-7-4(11)2-3-10-5(13)6-8-9-10/h2-3H2,1H3,(H,7,11)(H,6,9,13). The fourth-order valence-corrected chi connectivity index (χ4v) is 0.897. The topological polar surface area (TPSA) is 81.9 Å². The number of thiol groups is 1. The van der Waals surface area contributed by atoms with Crippen molar-refractivity contribution in [3.05, 3.63) is 0 Å². The van der Waals surface area contributed by atoms with Crippen molar-refractivity contribution in [1.29, 1.82) is 0 Å². The highest BCUT2D eigenvalue weighted by Gasteiger charge is 2.04. The monoisotopic (exact) mass is 203 g/mol. The summed E-state index contributed by atoms with van der Waals surface area (Å²) in [7, 11) is 1.37. The molecule has 1 N–H and O–H groups in total. The largest absolute Gasteiger partial charge is 0.277 e. The number of carbonyl (C=O) groups is 1. The zero-order valence-corrected chi connectivity index (χ0v) is 7.86. The van der Waals surface area contributed by atoms with Gasteiger partial charge in [0, 0.05) is 6.42 Å². The summed E-state index contributed by atoms with van der Waals surface area (Å²) in [4.78, 5) is 15.3. The molecule has 1 amide bonds. The van der Waals surface area contributed by atoms with Gasteiger partial charge in [0.1, 0.15) is 0 Å². The number of nitrogens with zero attached hydrogens (tertiary/aromatic N) is 4. The Labute approximate surface area is 79.8 Å². The first-order valence-electron chi connectivity index (χ1n) is 3.51. The summed E-state index contributed by atoms with van der Waals surface area (Å²) in [5, 5.41) is 10.9. The molecule has 0 fully saturated rings. The van der Waals surface area contributed by atoms with Crippen molar-refractivity contribution in [3.63, 3.8) is 0 Å². The molecule has 0 aliphatic heterocycles. The summed E-state index contributed by atoms with van der Waals surface area (Å²) in [6, 6.07) is 0. The van der Waals surface area contributed by atoms with E-state index in [0.717, 1.165) is 0 Å². The minimum Gasteiger partial charge on any atom is -0.277 e. The minimum absolute atomic E-state index is 0.231. The molecule has 0 bridgehead atoms.